The predicted molar refractivity (Wildman–Crippen MR) is 51.3 cm³/mol. The van der Waals surface area contributed by atoms with Gasteiger partial charge in [0.1, 0.15) is 0 Å². The van der Waals surface area contributed by atoms with Crippen LogP contribution in [0, 0.1) is 0 Å². The SMILES string of the molecule is CC1NCCC1N1CCCC1C. The van der Waals surface area contributed by atoms with Gasteiger partial charge in [-0.1, -0.05) is 0 Å². The van der Waals surface area contributed by atoms with Crippen molar-refractivity contribution in [2.75, 3.05) is 13.1 Å². The fourth-order valence-corrected chi connectivity index (χ4v) is 2.75. The molecule has 2 heteroatoms. The highest BCUT2D eigenvalue weighted by Crippen LogP contribution is 2.24. The van der Waals surface area contributed by atoms with E-state index in [-0.39, 0.29) is 0 Å². The average molecular weight is 168 g/mol. The van der Waals surface area contributed by atoms with E-state index in [2.05, 4.69) is 24.1 Å². The molecule has 0 aliphatic carbocycles. The van der Waals surface area contributed by atoms with Crippen molar-refractivity contribution in [2.45, 2.75) is 51.2 Å². The molecule has 2 rings (SSSR count). The molecule has 0 saturated carbocycles. The topological polar surface area (TPSA) is 15.3 Å². The van der Waals surface area contributed by atoms with Crippen LogP contribution in [0.2, 0.25) is 0 Å². The zero-order valence-corrected chi connectivity index (χ0v) is 8.21. The van der Waals surface area contributed by atoms with Crippen LogP contribution in [-0.2, 0) is 0 Å². The first kappa shape index (κ1) is 8.52. The number of rotatable bonds is 1. The Morgan fingerprint density at radius 3 is 2.58 bits per heavy atom. The molecule has 3 unspecified atom stereocenters. The van der Waals surface area contributed by atoms with Gasteiger partial charge >= 0.3 is 0 Å². The lowest BCUT2D eigenvalue weighted by molar-refractivity contribution is 0.179. The van der Waals surface area contributed by atoms with Gasteiger partial charge in [-0.3, -0.25) is 4.90 Å². The highest BCUT2D eigenvalue weighted by atomic mass is 15.2. The molecular weight excluding hydrogens is 148 g/mol. The van der Waals surface area contributed by atoms with E-state index in [4.69, 9.17) is 0 Å². The highest BCUT2D eigenvalue weighted by molar-refractivity contribution is 4.92. The van der Waals surface area contributed by atoms with E-state index in [1.807, 2.05) is 0 Å². The molecule has 2 saturated heterocycles. The molecule has 2 fully saturated rings. The van der Waals surface area contributed by atoms with E-state index in [1.54, 1.807) is 0 Å². The second-order valence-corrected chi connectivity index (χ2v) is 4.33. The van der Waals surface area contributed by atoms with Crippen LogP contribution in [0.3, 0.4) is 0 Å². The van der Waals surface area contributed by atoms with Gasteiger partial charge in [0.05, 0.1) is 0 Å². The number of likely N-dealkylation sites (tertiary alicyclic amines) is 1. The quantitative estimate of drug-likeness (QED) is 0.633. The summed E-state index contributed by atoms with van der Waals surface area (Å²) in [7, 11) is 0. The summed E-state index contributed by atoms with van der Waals surface area (Å²) >= 11 is 0. The molecule has 0 aromatic rings. The van der Waals surface area contributed by atoms with Crippen LogP contribution in [0.5, 0.6) is 0 Å². The third-order valence-electron chi connectivity index (χ3n) is 3.51. The molecule has 0 radical (unpaired) electrons. The van der Waals surface area contributed by atoms with E-state index in [0.717, 1.165) is 12.1 Å². The standard InChI is InChI=1S/C10H20N2/c1-8-4-3-7-12(8)10-5-6-11-9(10)2/h8-11H,3-7H2,1-2H3. The van der Waals surface area contributed by atoms with Crippen molar-refractivity contribution in [2.24, 2.45) is 0 Å². The van der Waals surface area contributed by atoms with Crippen molar-refractivity contribution in [3.8, 4) is 0 Å². The molecule has 2 heterocycles. The third-order valence-corrected chi connectivity index (χ3v) is 3.51. The first-order valence-electron chi connectivity index (χ1n) is 5.28. The van der Waals surface area contributed by atoms with Crippen LogP contribution in [0.15, 0.2) is 0 Å². The fourth-order valence-electron chi connectivity index (χ4n) is 2.75. The smallest absolute Gasteiger partial charge is 0.0261 e. The minimum absolute atomic E-state index is 0.713. The van der Waals surface area contributed by atoms with Crippen molar-refractivity contribution in [3.63, 3.8) is 0 Å². The summed E-state index contributed by atoms with van der Waals surface area (Å²) in [6.07, 6.45) is 4.17. The summed E-state index contributed by atoms with van der Waals surface area (Å²) in [5.74, 6) is 0. The van der Waals surface area contributed by atoms with Crippen LogP contribution in [0.25, 0.3) is 0 Å². The van der Waals surface area contributed by atoms with Gasteiger partial charge < -0.3 is 5.32 Å². The minimum atomic E-state index is 0.713. The minimum Gasteiger partial charge on any atom is -0.313 e. The molecule has 12 heavy (non-hydrogen) atoms. The summed E-state index contributed by atoms with van der Waals surface area (Å²) in [6.45, 7) is 7.24. The van der Waals surface area contributed by atoms with E-state index in [0.29, 0.717) is 6.04 Å². The Morgan fingerprint density at radius 2 is 2.08 bits per heavy atom. The highest BCUT2D eigenvalue weighted by Gasteiger charge is 2.33. The molecule has 3 atom stereocenters. The summed E-state index contributed by atoms with van der Waals surface area (Å²) < 4.78 is 0. The average Bonchev–Trinajstić information content (AvgIpc) is 2.59. The molecule has 1 N–H and O–H groups in total. The number of nitrogens with one attached hydrogen (secondary N) is 1. The maximum atomic E-state index is 3.53. The van der Waals surface area contributed by atoms with Gasteiger partial charge in [0.15, 0.2) is 0 Å². The second-order valence-electron chi connectivity index (χ2n) is 4.33. The summed E-state index contributed by atoms with van der Waals surface area (Å²) in [5.41, 5.74) is 0. The monoisotopic (exact) mass is 168 g/mol. The summed E-state index contributed by atoms with van der Waals surface area (Å²) in [6, 6.07) is 2.37. The van der Waals surface area contributed by atoms with Gasteiger partial charge in [-0.25, -0.2) is 0 Å². The molecule has 2 aliphatic heterocycles. The summed E-state index contributed by atoms with van der Waals surface area (Å²) in [5, 5.41) is 3.53. The van der Waals surface area contributed by atoms with E-state index < -0.39 is 0 Å². The molecular formula is C10H20N2. The third kappa shape index (κ3) is 1.38. The molecule has 70 valence electrons. The molecule has 0 bridgehead atoms. The first-order chi connectivity index (χ1) is 5.79. The summed E-state index contributed by atoms with van der Waals surface area (Å²) in [4.78, 5) is 2.70. The zero-order valence-electron chi connectivity index (χ0n) is 8.21. The van der Waals surface area contributed by atoms with Gasteiger partial charge in [-0.05, 0) is 46.2 Å². The van der Waals surface area contributed by atoms with Crippen molar-refractivity contribution in [3.05, 3.63) is 0 Å². The first-order valence-corrected chi connectivity index (χ1v) is 5.28. The van der Waals surface area contributed by atoms with Crippen LogP contribution in [-0.4, -0.2) is 36.1 Å². The molecule has 0 aromatic heterocycles. The number of nitrogens with zero attached hydrogens (tertiary/aromatic N) is 1. The Balaban J connectivity index is 1.98. The van der Waals surface area contributed by atoms with Crippen LogP contribution in [0.1, 0.15) is 33.1 Å². The number of hydrogen-bond donors (Lipinski definition) is 1. The molecule has 2 aliphatic rings. The molecule has 0 spiro atoms. The Kier molecular flexibility index (Phi) is 2.37. The predicted octanol–water partition coefficient (Wildman–Crippen LogP) is 1.22. The van der Waals surface area contributed by atoms with Gasteiger partial charge in [0, 0.05) is 18.1 Å². The van der Waals surface area contributed by atoms with Gasteiger partial charge in [-0.2, -0.15) is 0 Å². The van der Waals surface area contributed by atoms with Crippen molar-refractivity contribution in [1.29, 1.82) is 0 Å². The Morgan fingerprint density at radius 1 is 1.25 bits per heavy atom. The Bertz CT molecular complexity index is 140. The van der Waals surface area contributed by atoms with Gasteiger partial charge in [-0.15, -0.1) is 0 Å². The van der Waals surface area contributed by atoms with E-state index in [1.165, 1.54) is 32.4 Å². The lowest BCUT2D eigenvalue weighted by Crippen LogP contribution is -2.43. The Hall–Kier alpha value is -0.0800. The van der Waals surface area contributed by atoms with Crippen LogP contribution < -0.4 is 5.32 Å². The maximum absolute atomic E-state index is 3.53. The van der Waals surface area contributed by atoms with Crippen LogP contribution in [0.4, 0.5) is 0 Å². The molecule has 2 nitrogen and oxygen atoms in total. The van der Waals surface area contributed by atoms with E-state index in [9.17, 15) is 0 Å². The van der Waals surface area contributed by atoms with Gasteiger partial charge in [0.25, 0.3) is 0 Å². The number of hydrogen-bond acceptors (Lipinski definition) is 2. The van der Waals surface area contributed by atoms with Crippen LogP contribution >= 0.6 is 0 Å². The van der Waals surface area contributed by atoms with Crippen molar-refractivity contribution in [1.82, 2.24) is 10.2 Å². The normalized spacial score (nSPS) is 44.0. The molecule has 0 aromatic carbocycles. The zero-order chi connectivity index (χ0) is 8.55. The Labute approximate surface area is 75.3 Å². The van der Waals surface area contributed by atoms with E-state index >= 15 is 0 Å². The van der Waals surface area contributed by atoms with Crippen molar-refractivity contribution < 1.29 is 0 Å². The lowest BCUT2D eigenvalue weighted by atomic mass is 10.1. The fraction of sp³-hybridized carbons (Fsp3) is 1.00. The maximum Gasteiger partial charge on any atom is 0.0261 e. The van der Waals surface area contributed by atoms with Crippen molar-refractivity contribution >= 4 is 0 Å². The van der Waals surface area contributed by atoms with Gasteiger partial charge in [0.2, 0.25) is 0 Å². The lowest BCUT2D eigenvalue weighted by Gasteiger charge is -2.30. The second kappa shape index (κ2) is 3.35. The largest absolute Gasteiger partial charge is 0.313 e. The molecule has 0 amide bonds.